The molecular formula is C43H30N2S. The predicted octanol–water partition coefficient (Wildman–Crippen LogP) is 10.5. The molecule has 218 valence electrons. The molecule has 0 aliphatic heterocycles. The molecule has 0 unspecified atom stereocenters. The van der Waals surface area contributed by atoms with Crippen LogP contribution in [-0.4, -0.2) is 9.13 Å². The van der Waals surface area contributed by atoms with Gasteiger partial charge in [-0.3, -0.25) is 0 Å². The summed E-state index contributed by atoms with van der Waals surface area (Å²) in [5.41, 5.74) is 9.65. The molecule has 0 aliphatic rings. The van der Waals surface area contributed by atoms with Gasteiger partial charge in [0, 0.05) is 37.2 Å². The zero-order valence-corrected chi connectivity index (χ0v) is 26.3. The van der Waals surface area contributed by atoms with Crippen molar-refractivity contribution in [1.82, 2.24) is 9.13 Å². The number of allylic oxidation sites excluding steroid dienone is 2. The van der Waals surface area contributed by atoms with Gasteiger partial charge in [0.25, 0.3) is 0 Å². The number of fused-ring (bicyclic) bond motifs is 7. The molecule has 0 saturated heterocycles. The van der Waals surface area contributed by atoms with Crippen LogP contribution in [0.2, 0.25) is 0 Å². The van der Waals surface area contributed by atoms with Crippen LogP contribution in [0.3, 0.4) is 0 Å². The van der Waals surface area contributed by atoms with E-state index in [2.05, 4.69) is 167 Å². The second-order valence-corrected chi connectivity index (χ2v) is 12.8. The van der Waals surface area contributed by atoms with Gasteiger partial charge in [0.15, 0.2) is 0 Å². The van der Waals surface area contributed by atoms with E-state index in [1.54, 1.807) is 0 Å². The monoisotopic (exact) mass is 606 g/mol. The quantitative estimate of drug-likeness (QED) is 0.189. The second kappa shape index (κ2) is 10.5. The molecule has 0 fully saturated rings. The highest BCUT2D eigenvalue weighted by Crippen LogP contribution is 2.39. The van der Waals surface area contributed by atoms with Crippen LogP contribution in [0.25, 0.3) is 88.9 Å². The summed E-state index contributed by atoms with van der Waals surface area (Å²) in [5, 5.41) is 7.34. The molecule has 6 aromatic carbocycles. The smallest absolute Gasteiger partial charge is 0.0640 e. The summed E-state index contributed by atoms with van der Waals surface area (Å²) in [5.74, 6) is 0. The minimum Gasteiger partial charge on any atom is -0.309 e. The highest BCUT2D eigenvalue weighted by molar-refractivity contribution is 7.17. The van der Waals surface area contributed by atoms with Gasteiger partial charge in [0.1, 0.15) is 0 Å². The van der Waals surface area contributed by atoms with E-state index < -0.39 is 0 Å². The molecule has 0 saturated carbocycles. The molecule has 3 heteroatoms. The van der Waals surface area contributed by atoms with Crippen molar-refractivity contribution < 1.29 is 0 Å². The summed E-state index contributed by atoms with van der Waals surface area (Å²) >= 11 is 1.82. The van der Waals surface area contributed by atoms with Gasteiger partial charge < -0.3 is 9.13 Å². The molecule has 0 aliphatic carbocycles. The van der Waals surface area contributed by atoms with Crippen molar-refractivity contribution in [3.63, 3.8) is 0 Å². The number of thiophene rings is 1. The van der Waals surface area contributed by atoms with E-state index in [0.717, 1.165) is 5.22 Å². The van der Waals surface area contributed by atoms with Gasteiger partial charge in [-0.2, -0.15) is 0 Å². The summed E-state index contributed by atoms with van der Waals surface area (Å²) in [4.78, 5) is 0. The lowest BCUT2D eigenvalue weighted by atomic mass is 10.0. The van der Waals surface area contributed by atoms with Crippen molar-refractivity contribution in [2.24, 2.45) is 0 Å². The largest absolute Gasteiger partial charge is 0.309 e. The summed E-state index contributed by atoms with van der Waals surface area (Å²) in [6.45, 7) is 6.49. The Bertz CT molecular complexity index is 2770. The minimum absolute atomic E-state index is 1.09. The Morgan fingerprint density at radius 3 is 1.78 bits per heavy atom. The fourth-order valence-corrected chi connectivity index (χ4v) is 8.25. The maximum absolute atomic E-state index is 4.45. The summed E-state index contributed by atoms with van der Waals surface area (Å²) in [6, 6.07) is 48.6. The molecule has 0 N–H and O–H groups in total. The first-order valence-electron chi connectivity index (χ1n) is 15.7. The van der Waals surface area contributed by atoms with Crippen molar-refractivity contribution >= 4 is 77.7 Å². The number of rotatable bonds is 4. The Morgan fingerprint density at radius 1 is 0.543 bits per heavy atom. The molecule has 0 spiro atoms. The van der Waals surface area contributed by atoms with Crippen LogP contribution >= 0.6 is 11.3 Å². The number of benzene rings is 6. The average molecular weight is 607 g/mol. The van der Waals surface area contributed by atoms with Gasteiger partial charge in [0.05, 0.1) is 32.5 Å². The normalized spacial score (nSPS) is 12.6. The minimum atomic E-state index is 1.09. The lowest BCUT2D eigenvalue weighted by molar-refractivity contribution is 1.18. The number of hydrogen-bond donors (Lipinski definition) is 0. The first-order valence-corrected chi connectivity index (χ1v) is 16.5. The first kappa shape index (κ1) is 26.7. The molecule has 9 aromatic rings. The SMILES string of the molecule is C=c1/c(=C\C=C/C)sc2c(-n3c4ccccc4c4cc(-c5ccc6c(c5)c5ccccc5n6-c5ccccc5)ccc43)cccc12. The zero-order chi connectivity index (χ0) is 30.8. The third kappa shape index (κ3) is 3.95. The fourth-order valence-electron chi connectivity index (χ4n) is 7.09. The van der Waals surface area contributed by atoms with E-state index in [4.69, 9.17) is 0 Å². The third-order valence-electron chi connectivity index (χ3n) is 9.20. The lowest BCUT2D eigenvalue weighted by Crippen LogP contribution is -2.15. The highest BCUT2D eigenvalue weighted by atomic mass is 32.1. The van der Waals surface area contributed by atoms with E-state index in [0.29, 0.717) is 0 Å². The van der Waals surface area contributed by atoms with Crippen molar-refractivity contribution in [3.05, 3.63) is 155 Å². The summed E-state index contributed by atoms with van der Waals surface area (Å²) in [6.07, 6.45) is 6.33. The van der Waals surface area contributed by atoms with Gasteiger partial charge in [-0.1, -0.05) is 97.6 Å². The predicted molar refractivity (Wildman–Crippen MR) is 200 cm³/mol. The van der Waals surface area contributed by atoms with Crippen molar-refractivity contribution in [2.45, 2.75) is 6.92 Å². The standard InChI is InChI=1S/C43H30N2S/c1-3-4-21-42-28(2)32-17-12-20-41(43(32)46-42)45-38-19-11-9-16-34(38)36-27-30(23-25-40(36)45)29-22-24-39-35(26-29)33-15-8-10-18-37(33)44(39)31-13-6-5-7-14-31/h3-27H,2H2,1H3/b4-3-,42-21+. The van der Waals surface area contributed by atoms with Gasteiger partial charge in [-0.15, -0.1) is 11.3 Å². The van der Waals surface area contributed by atoms with E-state index >= 15 is 0 Å². The third-order valence-corrected chi connectivity index (χ3v) is 10.4. The summed E-state index contributed by atoms with van der Waals surface area (Å²) < 4.78 is 7.26. The van der Waals surface area contributed by atoms with E-state index in [9.17, 15) is 0 Å². The highest BCUT2D eigenvalue weighted by Gasteiger charge is 2.17. The van der Waals surface area contributed by atoms with Crippen LogP contribution in [0, 0.1) is 0 Å². The Kier molecular flexibility index (Phi) is 6.09. The number of para-hydroxylation sites is 3. The first-order chi connectivity index (χ1) is 22.7. The van der Waals surface area contributed by atoms with Crippen molar-refractivity contribution in [1.29, 1.82) is 0 Å². The van der Waals surface area contributed by atoms with Crippen molar-refractivity contribution in [3.8, 4) is 22.5 Å². The fraction of sp³-hybridized carbons (Fsp3) is 0.0233. The average Bonchev–Trinajstić information content (AvgIpc) is 3.74. The molecule has 0 amide bonds. The molecule has 0 atom stereocenters. The Balaban J connectivity index is 1.26. The van der Waals surface area contributed by atoms with Gasteiger partial charge in [0.2, 0.25) is 0 Å². The second-order valence-electron chi connectivity index (χ2n) is 11.8. The maximum Gasteiger partial charge on any atom is 0.0640 e. The van der Waals surface area contributed by atoms with Crippen LogP contribution in [0.4, 0.5) is 0 Å². The molecule has 0 radical (unpaired) electrons. The van der Waals surface area contributed by atoms with Crippen LogP contribution in [0.5, 0.6) is 0 Å². The van der Waals surface area contributed by atoms with Crippen LogP contribution in [0.1, 0.15) is 6.92 Å². The van der Waals surface area contributed by atoms with E-state index in [1.807, 2.05) is 18.3 Å². The zero-order valence-electron chi connectivity index (χ0n) is 25.4. The van der Waals surface area contributed by atoms with Crippen LogP contribution in [0.15, 0.2) is 146 Å². The Labute approximate surface area is 270 Å². The van der Waals surface area contributed by atoms with E-state index in [1.165, 1.54) is 80.7 Å². The molecule has 3 heterocycles. The molecule has 0 bridgehead atoms. The number of nitrogens with zero attached hydrogens (tertiary/aromatic N) is 2. The lowest BCUT2D eigenvalue weighted by Gasteiger charge is -2.10. The van der Waals surface area contributed by atoms with Crippen LogP contribution < -0.4 is 9.75 Å². The topological polar surface area (TPSA) is 9.86 Å². The molecule has 2 nitrogen and oxygen atoms in total. The molecular weight excluding hydrogens is 577 g/mol. The van der Waals surface area contributed by atoms with E-state index in [-0.39, 0.29) is 0 Å². The van der Waals surface area contributed by atoms with Crippen LogP contribution in [-0.2, 0) is 0 Å². The maximum atomic E-state index is 4.45. The molecule has 46 heavy (non-hydrogen) atoms. The molecule has 3 aromatic heterocycles. The number of aromatic nitrogens is 2. The number of hydrogen-bond acceptors (Lipinski definition) is 1. The van der Waals surface area contributed by atoms with Gasteiger partial charge in [-0.25, -0.2) is 0 Å². The Hall–Kier alpha value is -5.64. The van der Waals surface area contributed by atoms with Gasteiger partial charge in [-0.05, 0) is 83.9 Å². The van der Waals surface area contributed by atoms with Gasteiger partial charge >= 0.3 is 0 Å². The molecule has 9 rings (SSSR count). The van der Waals surface area contributed by atoms with Crippen molar-refractivity contribution in [2.75, 3.05) is 0 Å². The summed E-state index contributed by atoms with van der Waals surface area (Å²) in [7, 11) is 0. The Morgan fingerprint density at radius 2 is 1.11 bits per heavy atom.